The fourth-order valence-corrected chi connectivity index (χ4v) is 0.890. The number of hydrogen-bond donors (Lipinski definition) is 2. The van der Waals surface area contributed by atoms with Crippen LogP contribution in [0.2, 0.25) is 0 Å². The van der Waals surface area contributed by atoms with Gasteiger partial charge in [-0.15, -0.1) is 0 Å². The maximum atomic E-state index is 12.9. The van der Waals surface area contributed by atoms with Crippen LogP contribution in [-0.4, -0.2) is 10.1 Å². The summed E-state index contributed by atoms with van der Waals surface area (Å²) in [5, 5.41) is 8.55. The van der Waals surface area contributed by atoms with E-state index in [0.29, 0.717) is 0 Å². The summed E-state index contributed by atoms with van der Waals surface area (Å²) < 4.78 is 37.2. The number of anilines is 1. The Bertz CT molecular complexity index is 317. The summed E-state index contributed by atoms with van der Waals surface area (Å²) in [5.41, 5.74) is 3.82. The lowest BCUT2D eigenvalue weighted by Crippen LogP contribution is -2.04. The first-order valence-corrected chi connectivity index (χ1v) is 3.40. The van der Waals surface area contributed by atoms with Gasteiger partial charge in [0.2, 0.25) is 0 Å². The summed E-state index contributed by atoms with van der Waals surface area (Å²) in [6.45, 7) is -0.753. The monoisotopic (exact) mass is 192 g/mol. The van der Waals surface area contributed by atoms with Gasteiger partial charge in [0, 0.05) is 0 Å². The predicted molar refractivity (Wildman–Crippen MR) is 39.5 cm³/mol. The largest absolute Gasteiger partial charge is 0.390 e. The number of rotatable bonds is 2. The van der Waals surface area contributed by atoms with Gasteiger partial charge in [-0.1, -0.05) is 0 Å². The highest BCUT2D eigenvalue weighted by atomic mass is 19.3. The van der Waals surface area contributed by atoms with Gasteiger partial charge in [0.25, 0.3) is 6.43 Å². The molecule has 1 heterocycles. The van der Waals surface area contributed by atoms with Crippen LogP contribution in [0, 0.1) is 5.82 Å². The second kappa shape index (κ2) is 3.61. The minimum absolute atomic E-state index is 0.235. The van der Waals surface area contributed by atoms with Crippen LogP contribution in [0.3, 0.4) is 0 Å². The Balaban J connectivity index is 3.27. The second-order valence-corrected chi connectivity index (χ2v) is 2.36. The summed E-state index contributed by atoms with van der Waals surface area (Å²) in [6.07, 6.45) is -2.96. The molecule has 13 heavy (non-hydrogen) atoms. The van der Waals surface area contributed by atoms with Crippen LogP contribution in [-0.2, 0) is 6.61 Å². The summed E-state index contributed by atoms with van der Waals surface area (Å²) in [4.78, 5) is 3.35. The third kappa shape index (κ3) is 1.89. The lowest BCUT2D eigenvalue weighted by Gasteiger charge is -2.06. The minimum Gasteiger partial charge on any atom is -0.390 e. The Morgan fingerprint density at radius 2 is 2.15 bits per heavy atom. The zero-order valence-electron chi connectivity index (χ0n) is 6.47. The Morgan fingerprint density at radius 1 is 1.54 bits per heavy atom. The van der Waals surface area contributed by atoms with Crippen molar-refractivity contribution in [2.75, 3.05) is 5.73 Å². The number of hydrogen-bond acceptors (Lipinski definition) is 3. The molecule has 6 heteroatoms. The number of halogens is 3. The van der Waals surface area contributed by atoms with E-state index in [1.54, 1.807) is 0 Å². The highest BCUT2D eigenvalue weighted by Crippen LogP contribution is 2.24. The topological polar surface area (TPSA) is 59.1 Å². The molecule has 0 saturated heterocycles. The maximum Gasteiger partial charge on any atom is 0.266 e. The molecule has 0 bridgehead atoms. The SMILES string of the molecule is Nc1cc(C(F)F)c(F)c(CO)n1. The van der Waals surface area contributed by atoms with Gasteiger partial charge in [-0.2, -0.15) is 0 Å². The van der Waals surface area contributed by atoms with E-state index in [1.807, 2.05) is 0 Å². The van der Waals surface area contributed by atoms with Crippen molar-refractivity contribution >= 4 is 5.82 Å². The Kier molecular flexibility index (Phi) is 2.72. The number of aliphatic hydroxyl groups excluding tert-OH is 1. The van der Waals surface area contributed by atoms with E-state index in [2.05, 4.69) is 4.98 Å². The lowest BCUT2D eigenvalue weighted by molar-refractivity contribution is 0.145. The van der Waals surface area contributed by atoms with Crippen LogP contribution in [0.4, 0.5) is 19.0 Å². The average Bonchev–Trinajstić information content (AvgIpc) is 2.08. The predicted octanol–water partition coefficient (Wildman–Crippen LogP) is 1.23. The first kappa shape index (κ1) is 9.79. The highest BCUT2D eigenvalue weighted by molar-refractivity contribution is 5.36. The van der Waals surface area contributed by atoms with Crippen LogP contribution in [0.5, 0.6) is 0 Å². The van der Waals surface area contributed by atoms with Crippen molar-refractivity contribution in [3.8, 4) is 0 Å². The molecule has 0 unspecified atom stereocenters. The molecular formula is C7H7F3N2O. The standard InChI is InChI=1S/C7H7F3N2O/c8-6-3(7(9)10)1-5(11)12-4(6)2-13/h1,7,13H,2H2,(H2,11,12). The molecule has 0 aromatic carbocycles. The van der Waals surface area contributed by atoms with Gasteiger partial charge >= 0.3 is 0 Å². The normalized spacial score (nSPS) is 10.8. The van der Waals surface area contributed by atoms with Gasteiger partial charge in [-0.05, 0) is 6.07 Å². The van der Waals surface area contributed by atoms with Crippen molar-refractivity contribution in [3.05, 3.63) is 23.1 Å². The van der Waals surface area contributed by atoms with Crippen molar-refractivity contribution < 1.29 is 18.3 Å². The van der Waals surface area contributed by atoms with Crippen LogP contribution >= 0.6 is 0 Å². The first-order valence-electron chi connectivity index (χ1n) is 3.40. The van der Waals surface area contributed by atoms with Crippen molar-refractivity contribution in [1.29, 1.82) is 0 Å². The van der Waals surface area contributed by atoms with E-state index < -0.39 is 30.1 Å². The van der Waals surface area contributed by atoms with E-state index in [-0.39, 0.29) is 5.82 Å². The smallest absolute Gasteiger partial charge is 0.266 e. The summed E-state index contributed by atoms with van der Waals surface area (Å²) in [6, 6.07) is 0.749. The van der Waals surface area contributed by atoms with Crippen molar-refractivity contribution in [2.24, 2.45) is 0 Å². The molecule has 3 N–H and O–H groups in total. The lowest BCUT2D eigenvalue weighted by atomic mass is 10.2. The Labute approximate surface area is 72.0 Å². The minimum atomic E-state index is -2.96. The molecule has 3 nitrogen and oxygen atoms in total. The fourth-order valence-electron chi connectivity index (χ4n) is 0.890. The Morgan fingerprint density at radius 3 is 2.62 bits per heavy atom. The molecule has 72 valence electrons. The number of nitrogens with two attached hydrogens (primary N) is 1. The van der Waals surface area contributed by atoms with Gasteiger partial charge in [-0.3, -0.25) is 0 Å². The summed E-state index contributed by atoms with van der Waals surface area (Å²) in [5.74, 6) is -1.44. The van der Waals surface area contributed by atoms with Crippen LogP contribution < -0.4 is 5.73 Å². The number of aromatic nitrogens is 1. The quantitative estimate of drug-likeness (QED) is 0.740. The molecule has 1 aromatic rings. The summed E-state index contributed by atoms with van der Waals surface area (Å²) >= 11 is 0. The van der Waals surface area contributed by atoms with E-state index >= 15 is 0 Å². The highest BCUT2D eigenvalue weighted by Gasteiger charge is 2.18. The Hall–Kier alpha value is -1.30. The zero-order chi connectivity index (χ0) is 10.0. The van der Waals surface area contributed by atoms with E-state index in [4.69, 9.17) is 10.8 Å². The number of nitrogen functional groups attached to an aromatic ring is 1. The number of aliphatic hydroxyl groups is 1. The number of alkyl halides is 2. The molecule has 0 radical (unpaired) electrons. The third-order valence-corrected chi connectivity index (χ3v) is 1.46. The molecule has 1 rings (SSSR count). The molecule has 0 aliphatic carbocycles. The van der Waals surface area contributed by atoms with Gasteiger partial charge in [0.15, 0.2) is 5.82 Å². The molecule has 0 fully saturated rings. The number of nitrogens with zero attached hydrogens (tertiary/aromatic N) is 1. The van der Waals surface area contributed by atoms with Crippen LogP contribution in [0.25, 0.3) is 0 Å². The molecular weight excluding hydrogens is 185 g/mol. The van der Waals surface area contributed by atoms with Crippen molar-refractivity contribution in [1.82, 2.24) is 4.98 Å². The summed E-state index contributed by atoms with van der Waals surface area (Å²) in [7, 11) is 0. The van der Waals surface area contributed by atoms with Crippen LogP contribution in [0.15, 0.2) is 6.07 Å². The maximum absolute atomic E-state index is 12.9. The van der Waals surface area contributed by atoms with Gasteiger partial charge in [0.05, 0.1) is 12.2 Å². The fraction of sp³-hybridized carbons (Fsp3) is 0.286. The second-order valence-electron chi connectivity index (χ2n) is 2.36. The molecule has 0 atom stereocenters. The zero-order valence-corrected chi connectivity index (χ0v) is 6.47. The average molecular weight is 192 g/mol. The first-order chi connectivity index (χ1) is 6.06. The van der Waals surface area contributed by atoms with Crippen LogP contribution in [0.1, 0.15) is 17.7 Å². The molecule has 0 amide bonds. The number of pyridine rings is 1. The van der Waals surface area contributed by atoms with Gasteiger partial charge < -0.3 is 10.8 Å². The molecule has 0 saturated carbocycles. The van der Waals surface area contributed by atoms with Crippen molar-refractivity contribution in [2.45, 2.75) is 13.0 Å². The third-order valence-electron chi connectivity index (χ3n) is 1.46. The molecule has 0 aliphatic heterocycles. The molecule has 0 aliphatic rings. The van der Waals surface area contributed by atoms with E-state index in [9.17, 15) is 13.2 Å². The van der Waals surface area contributed by atoms with Gasteiger partial charge in [0.1, 0.15) is 11.5 Å². The van der Waals surface area contributed by atoms with Gasteiger partial charge in [-0.25, -0.2) is 18.2 Å². The van der Waals surface area contributed by atoms with Crippen molar-refractivity contribution in [3.63, 3.8) is 0 Å². The van der Waals surface area contributed by atoms with E-state index in [1.165, 1.54) is 0 Å². The van der Waals surface area contributed by atoms with E-state index in [0.717, 1.165) is 6.07 Å². The molecule has 0 spiro atoms. The molecule has 1 aromatic heterocycles.